The fourth-order valence-corrected chi connectivity index (χ4v) is 9.15. The van der Waals surface area contributed by atoms with E-state index in [1.54, 1.807) is 6.07 Å². The van der Waals surface area contributed by atoms with Crippen molar-refractivity contribution < 1.29 is 28.6 Å². The van der Waals surface area contributed by atoms with E-state index >= 15 is 0 Å². The number of rotatable bonds is 2. The van der Waals surface area contributed by atoms with Gasteiger partial charge in [0.1, 0.15) is 16.8 Å². The molecule has 1 fully saturated rings. The summed E-state index contributed by atoms with van der Waals surface area (Å²) in [5.74, 6) is -3.17. The van der Waals surface area contributed by atoms with Gasteiger partial charge in [-0.15, -0.1) is 11.3 Å². The molecule has 0 unspecified atom stereocenters. The molecule has 4 aromatic rings. The molecule has 5 aliphatic rings. The molecule has 44 heavy (non-hydrogen) atoms. The molecule has 2 aliphatic carbocycles. The SMILES string of the molecule is N#Cc1c(N2C(=O)[C@@H]3[C@@H]4C(=O)Oc5ccc6ccccc6c5C4=C[C@@H](c4ccc5c(c4)OCO5)[C@@H]3C2=O)sc2c1CCCC2. The first kappa shape index (κ1) is 25.5. The van der Waals surface area contributed by atoms with Crippen molar-refractivity contribution in [2.45, 2.75) is 31.6 Å². The number of thiophene rings is 1. The first-order valence-electron chi connectivity index (χ1n) is 14.8. The zero-order valence-electron chi connectivity index (χ0n) is 23.4. The Morgan fingerprint density at radius 2 is 1.68 bits per heavy atom. The molecule has 3 aliphatic heterocycles. The van der Waals surface area contributed by atoms with E-state index in [0.29, 0.717) is 33.4 Å². The molecule has 2 amide bonds. The summed E-state index contributed by atoms with van der Waals surface area (Å²) in [6, 6.07) is 19.4. The first-order valence-corrected chi connectivity index (χ1v) is 15.6. The summed E-state index contributed by atoms with van der Waals surface area (Å²) in [7, 11) is 0. The number of amides is 2. The van der Waals surface area contributed by atoms with Crippen LogP contribution in [0.5, 0.6) is 17.2 Å². The lowest BCUT2D eigenvalue weighted by atomic mass is 9.64. The summed E-state index contributed by atoms with van der Waals surface area (Å²) in [5.41, 5.74) is 3.58. The van der Waals surface area contributed by atoms with Gasteiger partial charge in [0.2, 0.25) is 18.6 Å². The number of anilines is 1. The maximum atomic E-state index is 14.6. The van der Waals surface area contributed by atoms with Crippen LogP contribution in [0.25, 0.3) is 16.3 Å². The molecule has 0 radical (unpaired) electrons. The van der Waals surface area contributed by atoms with Crippen molar-refractivity contribution >= 4 is 50.5 Å². The maximum absolute atomic E-state index is 14.6. The van der Waals surface area contributed by atoms with Gasteiger partial charge in [0.15, 0.2) is 11.5 Å². The molecular formula is C35H24N2O6S. The third-order valence-corrected chi connectivity index (χ3v) is 11.0. The number of hydrogen-bond acceptors (Lipinski definition) is 8. The van der Waals surface area contributed by atoms with Gasteiger partial charge >= 0.3 is 5.97 Å². The van der Waals surface area contributed by atoms with Gasteiger partial charge in [-0.3, -0.25) is 14.4 Å². The Balaban J connectivity index is 1.27. The van der Waals surface area contributed by atoms with Gasteiger partial charge in [-0.2, -0.15) is 5.26 Å². The minimum atomic E-state index is -0.997. The number of hydrogen-bond donors (Lipinski definition) is 0. The van der Waals surface area contributed by atoms with Crippen LogP contribution in [-0.4, -0.2) is 24.6 Å². The van der Waals surface area contributed by atoms with Crippen molar-refractivity contribution in [1.82, 2.24) is 0 Å². The number of nitrogens with zero attached hydrogens (tertiary/aromatic N) is 2. The van der Waals surface area contributed by atoms with Crippen molar-refractivity contribution in [1.29, 1.82) is 5.26 Å². The summed E-state index contributed by atoms with van der Waals surface area (Å²) in [6.07, 6.45) is 5.52. The number of carbonyl (C=O) groups excluding carboxylic acids is 3. The lowest BCUT2D eigenvalue weighted by Gasteiger charge is -2.38. The third kappa shape index (κ3) is 3.40. The highest BCUT2D eigenvalue weighted by Gasteiger charge is 2.61. The van der Waals surface area contributed by atoms with Crippen LogP contribution in [0, 0.1) is 29.1 Å². The molecule has 9 rings (SSSR count). The van der Waals surface area contributed by atoms with Crippen LogP contribution in [0.1, 0.15) is 45.9 Å². The minimum absolute atomic E-state index is 0.106. The van der Waals surface area contributed by atoms with Gasteiger partial charge < -0.3 is 14.2 Å². The third-order valence-electron chi connectivity index (χ3n) is 9.73. The van der Waals surface area contributed by atoms with Crippen LogP contribution in [0.4, 0.5) is 5.00 Å². The number of benzene rings is 3. The standard InChI is InChI=1S/C35H24N2O6S/c36-15-23-20-7-3-4-8-27(20)44-34(23)37-32(38)29-21(18-10-11-24-26(13-18)42-16-41-24)14-22-28-19-6-2-1-5-17(19)9-12-25(28)43-35(40)30(22)31(29)33(37)39/h1-2,5-6,9-14,21,29-31H,3-4,7-8,16H2/t21-,29-,30+,31-/m0/s1. The zero-order chi connectivity index (χ0) is 29.7. The molecule has 4 heterocycles. The molecule has 1 aromatic heterocycles. The monoisotopic (exact) mass is 600 g/mol. The number of esters is 1. The van der Waals surface area contributed by atoms with E-state index in [2.05, 4.69) is 6.07 Å². The van der Waals surface area contributed by atoms with Gasteiger partial charge in [-0.25, -0.2) is 4.90 Å². The Morgan fingerprint density at radius 1 is 0.886 bits per heavy atom. The van der Waals surface area contributed by atoms with Gasteiger partial charge in [-0.1, -0.05) is 42.5 Å². The van der Waals surface area contributed by atoms with Crippen LogP contribution in [0.3, 0.4) is 0 Å². The fourth-order valence-electron chi connectivity index (χ4n) is 7.80. The van der Waals surface area contributed by atoms with E-state index in [1.165, 1.54) is 16.2 Å². The normalized spacial score (nSPS) is 24.7. The second kappa shape index (κ2) is 9.28. The molecule has 0 N–H and O–H groups in total. The highest BCUT2D eigenvalue weighted by atomic mass is 32.1. The maximum Gasteiger partial charge on any atom is 0.319 e. The number of aryl methyl sites for hydroxylation is 1. The van der Waals surface area contributed by atoms with E-state index in [4.69, 9.17) is 14.2 Å². The fraction of sp³-hybridized carbons (Fsp3) is 0.257. The molecule has 8 nitrogen and oxygen atoms in total. The topological polar surface area (TPSA) is 106 Å². The largest absolute Gasteiger partial charge is 0.454 e. The van der Waals surface area contributed by atoms with E-state index in [0.717, 1.165) is 58.0 Å². The van der Waals surface area contributed by atoms with Crippen LogP contribution in [-0.2, 0) is 27.2 Å². The van der Waals surface area contributed by atoms with Gasteiger partial charge in [0.05, 0.1) is 23.3 Å². The van der Waals surface area contributed by atoms with Crippen molar-refractivity contribution in [3.63, 3.8) is 0 Å². The predicted molar refractivity (Wildman–Crippen MR) is 162 cm³/mol. The summed E-state index contributed by atoms with van der Waals surface area (Å²) in [4.78, 5) is 45.2. The molecule has 4 atom stereocenters. The summed E-state index contributed by atoms with van der Waals surface area (Å²) in [6.45, 7) is 0.106. The summed E-state index contributed by atoms with van der Waals surface area (Å²) in [5, 5.41) is 12.5. The Kier molecular flexibility index (Phi) is 5.39. The molecule has 0 bridgehead atoms. The van der Waals surface area contributed by atoms with E-state index in [1.807, 2.05) is 54.6 Å². The molecule has 3 aromatic carbocycles. The number of ether oxygens (including phenoxy) is 3. The van der Waals surface area contributed by atoms with Gasteiger partial charge in [-0.05, 0) is 71.4 Å². The highest BCUT2D eigenvalue weighted by molar-refractivity contribution is 7.17. The first-order chi connectivity index (χ1) is 21.5. The van der Waals surface area contributed by atoms with Crippen molar-refractivity contribution in [2.24, 2.45) is 17.8 Å². The van der Waals surface area contributed by atoms with Crippen LogP contribution >= 0.6 is 11.3 Å². The number of fused-ring (bicyclic) bond motifs is 9. The molecule has 216 valence electrons. The Bertz CT molecular complexity index is 2050. The van der Waals surface area contributed by atoms with E-state index in [-0.39, 0.29) is 6.79 Å². The molecule has 9 heteroatoms. The molecule has 0 spiro atoms. The Hall–Kier alpha value is -4.94. The average Bonchev–Trinajstić information content (AvgIpc) is 3.73. The van der Waals surface area contributed by atoms with E-state index in [9.17, 15) is 19.6 Å². The second-order valence-corrected chi connectivity index (χ2v) is 13.0. The van der Waals surface area contributed by atoms with E-state index < -0.39 is 41.5 Å². The lowest BCUT2D eigenvalue weighted by Crippen LogP contribution is -2.42. The van der Waals surface area contributed by atoms with Gasteiger partial charge in [0, 0.05) is 16.4 Å². The van der Waals surface area contributed by atoms with Gasteiger partial charge in [0.25, 0.3) is 0 Å². The number of carbonyl (C=O) groups is 3. The highest BCUT2D eigenvalue weighted by Crippen LogP contribution is 2.57. The molecule has 1 saturated heterocycles. The van der Waals surface area contributed by atoms with Crippen molar-refractivity contribution in [3.05, 3.63) is 87.8 Å². The Morgan fingerprint density at radius 3 is 2.57 bits per heavy atom. The van der Waals surface area contributed by atoms with Crippen molar-refractivity contribution in [3.8, 4) is 23.3 Å². The minimum Gasteiger partial charge on any atom is -0.454 e. The smallest absolute Gasteiger partial charge is 0.319 e. The predicted octanol–water partition coefficient (Wildman–Crippen LogP) is 5.90. The second-order valence-electron chi connectivity index (χ2n) is 11.9. The number of imide groups is 1. The zero-order valence-corrected chi connectivity index (χ0v) is 24.2. The van der Waals surface area contributed by atoms with Crippen LogP contribution in [0.15, 0.2) is 60.7 Å². The summed E-state index contributed by atoms with van der Waals surface area (Å²) >= 11 is 1.36. The number of nitriles is 1. The molecular weight excluding hydrogens is 576 g/mol. The summed E-state index contributed by atoms with van der Waals surface area (Å²) < 4.78 is 17.1. The lowest BCUT2D eigenvalue weighted by molar-refractivity contribution is -0.142. The average molecular weight is 601 g/mol. The molecule has 0 saturated carbocycles. The Labute approximate surface area is 256 Å². The van der Waals surface area contributed by atoms with Crippen molar-refractivity contribution in [2.75, 3.05) is 11.7 Å². The quantitative estimate of drug-likeness (QED) is 0.160. The van der Waals surface area contributed by atoms with Crippen LogP contribution < -0.4 is 19.1 Å². The number of allylic oxidation sites excluding steroid dienone is 1. The van der Waals surface area contributed by atoms with Crippen LogP contribution in [0.2, 0.25) is 0 Å².